The summed E-state index contributed by atoms with van der Waals surface area (Å²) in [6.45, 7) is 3.30. The molecule has 0 spiro atoms. The average molecular weight is 433 g/mol. The number of halogens is 3. The largest absolute Gasteiger partial charge is 0.435 e. The zero-order valence-corrected chi connectivity index (χ0v) is 16.5. The Labute approximate surface area is 172 Å². The second-order valence-corrected chi connectivity index (χ2v) is 8.05. The smallest absolute Gasteiger partial charge is 0.332 e. The Morgan fingerprint density at radius 3 is 2.66 bits per heavy atom. The molecule has 3 heterocycles. The van der Waals surface area contributed by atoms with Gasteiger partial charge in [0.25, 0.3) is 0 Å². The molecule has 5 nitrogen and oxygen atoms in total. The van der Waals surface area contributed by atoms with Crippen molar-refractivity contribution in [2.45, 2.75) is 12.6 Å². The highest BCUT2D eigenvalue weighted by Gasteiger charge is 2.35. The van der Waals surface area contributed by atoms with Crippen molar-refractivity contribution < 1.29 is 13.2 Å². The molecule has 148 valence electrons. The van der Waals surface area contributed by atoms with E-state index in [0.29, 0.717) is 11.3 Å². The lowest BCUT2D eigenvalue weighted by atomic mass is 10.2. The van der Waals surface area contributed by atoms with Crippen LogP contribution in [0.2, 0.25) is 0 Å². The first kappa shape index (κ1) is 19.3. The molecule has 1 N–H and O–H groups in total. The number of alkyl halides is 3. The predicted molar refractivity (Wildman–Crippen MR) is 110 cm³/mol. The summed E-state index contributed by atoms with van der Waals surface area (Å²) < 4.78 is 38.8. The van der Waals surface area contributed by atoms with Crippen molar-refractivity contribution in [2.75, 3.05) is 5.32 Å². The molecule has 0 fully saturated rings. The molecular weight excluding hydrogens is 419 g/mol. The Hall–Kier alpha value is -2.98. The first-order chi connectivity index (χ1) is 13.9. The molecule has 29 heavy (non-hydrogen) atoms. The third-order valence-corrected chi connectivity index (χ3v) is 5.88. The third kappa shape index (κ3) is 4.38. The number of thiazole rings is 1. The lowest BCUT2D eigenvalue weighted by Gasteiger charge is -2.00. The van der Waals surface area contributed by atoms with Crippen LogP contribution in [0.3, 0.4) is 0 Å². The lowest BCUT2D eigenvalue weighted by Crippen LogP contribution is -2.06. The number of hydrogen-bond acceptors (Lipinski definition) is 6. The number of hydrogen-bond donors (Lipinski definition) is 1. The third-order valence-electron chi connectivity index (χ3n) is 3.96. The molecule has 0 atom stereocenters. The molecule has 0 radical (unpaired) electrons. The summed E-state index contributed by atoms with van der Waals surface area (Å²) in [5.41, 5.74) is 1.10. The fraction of sp³-hybridized carbons (Fsp3) is 0.105. The Balaban J connectivity index is 1.51. The van der Waals surface area contributed by atoms with E-state index in [1.54, 1.807) is 6.07 Å². The van der Waals surface area contributed by atoms with Gasteiger partial charge < -0.3 is 5.32 Å². The van der Waals surface area contributed by atoms with Crippen molar-refractivity contribution in [3.8, 4) is 10.6 Å². The van der Waals surface area contributed by atoms with Gasteiger partial charge in [0.15, 0.2) is 10.8 Å². The van der Waals surface area contributed by atoms with Crippen LogP contribution in [-0.4, -0.2) is 21.6 Å². The number of rotatable bonds is 6. The highest BCUT2D eigenvalue weighted by Crippen LogP contribution is 2.35. The summed E-state index contributed by atoms with van der Waals surface area (Å²) in [6, 6.07) is 14.4. The van der Waals surface area contributed by atoms with Crippen LogP contribution in [0.5, 0.6) is 0 Å². The van der Waals surface area contributed by atoms with Crippen LogP contribution >= 0.6 is 22.7 Å². The van der Waals surface area contributed by atoms with Crippen molar-refractivity contribution in [1.82, 2.24) is 14.9 Å². The molecule has 0 unspecified atom stereocenters. The zero-order chi connectivity index (χ0) is 20.4. The molecule has 0 bridgehead atoms. The minimum Gasteiger partial charge on any atom is -0.332 e. The number of anilines is 2. The van der Waals surface area contributed by atoms with Gasteiger partial charge in [-0.25, -0.2) is 4.98 Å². The van der Waals surface area contributed by atoms with Crippen molar-refractivity contribution in [1.29, 1.82) is 0 Å². The number of nitrogens with one attached hydrogen (secondary N) is 1. The fourth-order valence-corrected chi connectivity index (χ4v) is 4.42. The average Bonchev–Trinajstić information content (AvgIpc) is 3.41. The Bertz CT molecular complexity index is 1130. The Morgan fingerprint density at radius 2 is 1.93 bits per heavy atom. The second-order valence-electron chi connectivity index (χ2n) is 6.02. The molecule has 10 heteroatoms. The first-order valence-electron chi connectivity index (χ1n) is 8.42. The molecule has 0 aliphatic carbocycles. The van der Waals surface area contributed by atoms with Gasteiger partial charge in [0, 0.05) is 29.1 Å². The zero-order valence-electron chi connectivity index (χ0n) is 14.8. The summed E-state index contributed by atoms with van der Waals surface area (Å²) in [5.74, 6) is 0. The lowest BCUT2D eigenvalue weighted by molar-refractivity contribution is -0.141. The van der Waals surface area contributed by atoms with E-state index >= 15 is 0 Å². The number of benzene rings is 1. The van der Waals surface area contributed by atoms with Crippen molar-refractivity contribution in [3.63, 3.8) is 0 Å². The van der Waals surface area contributed by atoms with Gasteiger partial charge in [-0.05, 0) is 30.3 Å². The maximum atomic E-state index is 12.9. The Morgan fingerprint density at radius 1 is 1.14 bits per heavy atom. The quantitative estimate of drug-likeness (QED) is 0.386. The summed E-state index contributed by atoms with van der Waals surface area (Å²) >= 11 is 2.87. The van der Waals surface area contributed by atoms with Crippen molar-refractivity contribution in [3.05, 3.63) is 70.2 Å². The normalized spacial score (nSPS) is 11.6. The fourth-order valence-electron chi connectivity index (χ4n) is 2.67. The molecule has 3 aromatic heterocycles. The maximum absolute atomic E-state index is 12.9. The monoisotopic (exact) mass is 433 g/mol. The summed E-state index contributed by atoms with van der Waals surface area (Å²) in [6.07, 6.45) is -3.95. The van der Waals surface area contributed by atoms with Gasteiger partial charge in [-0.1, -0.05) is 18.2 Å². The highest BCUT2D eigenvalue weighted by atomic mass is 32.1. The van der Waals surface area contributed by atoms with Gasteiger partial charge in [-0.15, -0.1) is 27.8 Å². The number of thiophene rings is 1. The topological polar surface area (TPSA) is 55.1 Å². The Kier molecular flexibility index (Phi) is 5.20. The number of para-hydroxylation sites is 1. The first-order valence-corrected chi connectivity index (χ1v) is 10.1. The minimum atomic E-state index is -4.53. The van der Waals surface area contributed by atoms with Crippen molar-refractivity contribution in [2.24, 2.45) is 5.10 Å². The van der Waals surface area contributed by atoms with E-state index in [1.807, 2.05) is 41.8 Å². The molecule has 0 amide bonds. The molecule has 0 saturated heterocycles. The highest BCUT2D eigenvalue weighted by molar-refractivity contribution is 7.15. The van der Waals surface area contributed by atoms with Crippen LogP contribution in [0.15, 0.2) is 59.0 Å². The number of nitrogens with zero attached hydrogens (tertiary/aromatic N) is 4. The van der Waals surface area contributed by atoms with E-state index < -0.39 is 11.9 Å². The summed E-state index contributed by atoms with van der Waals surface area (Å²) in [5, 5.41) is 13.0. The van der Waals surface area contributed by atoms with Gasteiger partial charge in [-0.2, -0.15) is 23.1 Å². The standard InChI is InChI=1S/C19H14F3N5S2/c1-23-27-15(10-17(26-27)19(20,21)22)16-8-7-14(29-16)9-13-11-28-18(25-13)24-12-5-3-2-4-6-12/h2-8,10-11H,1,9H2,(H,24,25). The van der Waals surface area contributed by atoms with E-state index in [1.165, 1.54) is 22.7 Å². The molecule has 0 aliphatic heterocycles. The maximum Gasteiger partial charge on any atom is 0.435 e. The SMILES string of the molecule is C=Nn1nc(C(F)(F)F)cc1-c1ccc(Cc2csc(Nc3ccccc3)n2)s1. The molecule has 1 aromatic carbocycles. The van der Waals surface area contributed by atoms with Crippen molar-refractivity contribution >= 4 is 40.2 Å². The summed E-state index contributed by atoms with van der Waals surface area (Å²) in [4.78, 5) is 7.08. The second kappa shape index (κ2) is 7.80. The molecule has 0 aliphatic rings. The van der Waals surface area contributed by atoms with E-state index in [4.69, 9.17) is 0 Å². The van der Waals surface area contributed by atoms with Gasteiger partial charge in [0.05, 0.1) is 10.6 Å². The van der Waals surface area contributed by atoms with Crippen LogP contribution in [0, 0.1) is 0 Å². The van der Waals surface area contributed by atoms with Gasteiger partial charge in [0.1, 0.15) is 5.69 Å². The molecule has 4 aromatic rings. The molecular formula is C19H14F3N5S2. The van der Waals surface area contributed by atoms with Crippen LogP contribution < -0.4 is 5.32 Å². The van der Waals surface area contributed by atoms with E-state index in [9.17, 15) is 13.2 Å². The van der Waals surface area contributed by atoms with E-state index in [0.717, 1.165) is 32.2 Å². The van der Waals surface area contributed by atoms with Gasteiger partial charge in [0.2, 0.25) is 0 Å². The van der Waals surface area contributed by atoms with Gasteiger partial charge >= 0.3 is 6.18 Å². The van der Waals surface area contributed by atoms with Crippen LogP contribution in [0.1, 0.15) is 16.3 Å². The van der Waals surface area contributed by atoms with Crippen LogP contribution in [0.4, 0.5) is 24.0 Å². The van der Waals surface area contributed by atoms with E-state index in [-0.39, 0.29) is 5.69 Å². The summed E-state index contributed by atoms with van der Waals surface area (Å²) in [7, 11) is 0. The minimum absolute atomic E-state index is 0.258. The van der Waals surface area contributed by atoms with E-state index in [2.05, 4.69) is 27.2 Å². The van der Waals surface area contributed by atoms with Gasteiger partial charge in [-0.3, -0.25) is 0 Å². The van der Waals surface area contributed by atoms with Crippen LogP contribution in [-0.2, 0) is 12.6 Å². The molecule has 0 saturated carbocycles. The predicted octanol–water partition coefficient (Wildman–Crippen LogP) is 5.89. The van der Waals surface area contributed by atoms with Crippen LogP contribution in [0.25, 0.3) is 10.6 Å². The molecule has 4 rings (SSSR count). The number of aromatic nitrogens is 3.